The molecule has 0 aliphatic carbocycles. The van der Waals surface area contributed by atoms with Crippen LogP contribution in [0.3, 0.4) is 0 Å². The van der Waals surface area contributed by atoms with Crippen LogP contribution in [0.1, 0.15) is 36.4 Å². The molecule has 10 aromatic rings. The van der Waals surface area contributed by atoms with E-state index in [4.69, 9.17) is 0 Å². The van der Waals surface area contributed by atoms with Gasteiger partial charge < -0.3 is 24.8 Å². The Balaban J connectivity index is 0.000000183. The van der Waals surface area contributed by atoms with Crippen molar-refractivity contribution in [2.45, 2.75) is 39.5 Å². The molecule has 0 saturated carbocycles. The van der Waals surface area contributed by atoms with Gasteiger partial charge in [0.25, 0.3) is 0 Å². The summed E-state index contributed by atoms with van der Waals surface area (Å²) < 4.78 is 0. The summed E-state index contributed by atoms with van der Waals surface area (Å²) in [7, 11) is 0. The minimum atomic E-state index is 0. The fraction of sp³-hybridized carbons (Fsp3) is 0.115. The largest absolute Gasteiger partial charge is 4.00 e. The van der Waals surface area contributed by atoms with E-state index < -0.39 is 0 Å². The monoisotopic (exact) mass is 890 g/mol. The molecule has 0 nitrogen and oxygen atoms in total. The van der Waals surface area contributed by atoms with E-state index in [1.165, 1.54) is 122 Å². The van der Waals surface area contributed by atoms with E-state index in [2.05, 4.69) is 184 Å². The number of hydrogen-bond acceptors (Lipinski definition) is 2. The van der Waals surface area contributed by atoms with Crippen molar-refractivity contribution in [2.75, 3.05) is 0 Å². The van der Waals surface area contributed by atoms with E-state index in [0.717, 1.165) is 0 Å². The summed E-state index contributed by atoms with van der Waals surface area (Å²) in [5, 5.41) is 10.5. The van der Waals surface area contributed by atoms with Gasteiger partial charge in [-0.15, -0.1) is 69.1 Å². The second kappa shape index (κ2) is 19.1. The molecule has 0 saturated heterocycles. The van der Waals surface area contributed by atoms with E-state index >= 15 is 0 Å². The van der Waals surface area contributed by atoms with Gasteiger partial charge in [0, 0.05) is 0 Å². The summed E-state index contributed by atoms with van der Waals surface area (Å²) in [6, 6.07) is 62.4. The standard InChI is InChI=1S/2C26H21S.2ClH.Zr/c2*1-2-7-21-14-15-26(27-21)20-16-19-10-6-13-24(25(19)17-20)23-12-5-9-18-8-3-4-11-22(18)23;;;/h2*3-6,8-17H,2,7H2,1H3;2*1H;/q2*-1;;;+4/p-2. The molecule has 10 rings (SSSR count). The number of halogens is 2. The summed E-state index contributed by atoms with van der Waals surface area (Å²) in [4.78, 5) is 5.70. The molecule has 0 spiro atoms. The van der Waals surface area contributed by atoms with Crippen molar-refractivity contribution < 1.29 is 51.0 Å². The zero-order valence-corrected chi connectivity index (χ0v) is 37.7. The summed E-state index contributed by atoms with van der Waals surface area (Å²) in [5.41, 5.74) is 7.94. The van der Waals surface area contributed by atoms with Crippen LogP contribution >= 0.6 is 22.7 Å². The summed E-state index contributed by atoms with van der Waals surface area (Å²) in [6.07, 6.45) is 4.75. The zero-order valence-electron chi connectivity index (χ0n) is 32.1. The number of rotatable bonds is 8. The van der Waals surface area contributed by atoms with Crippen molar-refractivity contribution in [1.82, 2.24) is 0 Å². The Kier molecular flexibility index (Phi) is 14.3. The van der Waals surface area contributed by atoms with E-state index in [9.17, 15) is 0 Å². The average Bonchev–Trinajstić information content (AvgIpc) is 4.04. The van der Waals surface area contributed by atoms with Crippen LogP contribution in [0.2, 0.25) is 0 Å². The molecule has 0 amide bonds. The van der Waals surface area contributed by atoms with E-state index in [-0.39, 0.29) is 51.0 Å². The molecule has 0 fully saturated rings. The number of aryl methyl sites for hydroxylation is 2. The molecular formula is C52H42Cl2S2Zr. The van der Waals surface area contributed by atoms with Gasteiger partial charge in [-0.1, -0.05) is 171 Å². The Bertz CT molecular complexity index is 2680. The second-order valence-corrected chi connectivity index (χ2v) is 16.5. The van der Waals surface area contributed by atoms with E-state index in [1.807, 2.05) is 22.7 Å². The Morgan fingerprint density at radius 1 is 0.404 bits per heavy atom. The van der Waals surface area contributed by atoms with Crippen molar-refractivity contribution in [2.24, 2.45) is 0 Å². The molecule has 0 atom stereocenters. The molecule has 2 heterocycles. The van der Waals surface area contributed by atoms with Gasteiger partial charge in [0.2, 0.25) is 0 Å². The third kappa shape index (κ3) is 8.71. The quantitative estimate of drug-likeness (QED) is 0.133. The maximum absolute atomic E-state index is 2.37. The molecule has 57 heavy (non-hydrogen) atoms. The van der Waals surface area contributed by atoms with Gasteiger partial charge in [0.05, 0.1) is 0 Å². The van der Waals surface area contributed by atoms with Crippen LogP contribution in [-0.2, 0) is 39.0 Å². The number of fused-ring (bicyclic) bond motifs is 4. The van der Waals surface area contributed by atoms with Crippen molar-refractivity contribution in [3.8, 4) is 43.1 Å². The van der Waals surface area contributed by atoms with E-state index in [0.29, 0.717) is 0 Å². The summed E-state index contributed by atoms with van der Waals surface area (Å²) in [5.74, 6) is 0. The van der Waals surface area contributed by atoms with Crippen LogP contribution in [0.25, 0.3) is 86.2 Å². The Hall–Kier alpha value is -4.08. The fourth-order valence-electron chi connectivity index (χ4n) is 7.97. The van der Waals surface area contributed by atoms with Crippen molar-refractivity contribution >= 4 is 65.8 Å². The van der Waals surface area contributed by atoms with Gasteiger partial charge >= 0.3 is 26.2 Å². The molecule has 2 aromatic heterocycles. The Morgan fingerprint density at radius 2 is 0.772 bits per heavy atom. The van der Waals surface area contributed by atoms with Crippen LogP contribution in [0.4, 0.5) is 0 Å². The molecule has 0 aliphatic rings. The SMILES string of the molecule is CCCc1ccc(-c2cc3c(-c4cccc5ccccc45)cccc3[cH-]2)s1.CCCc1ccc(-c2cc3c(-c4cccc5ccccc45)cccc3[cH-]2)s1.[Cl-].[Cl-].[Zr+4]. The van der Waals surface area contributed by atoms with Crippen LogP contribution in [-0.4, -0.2) is 0 Å². The van der Waals surface area contributed by atoms with Crippen LogP contribution in [0, 0.1) is 0 Å². The molecule has 0 aliphatic heterocycles. The van der Waals surface area contributed by atoms with Crippen molar-refractivity contribution in [3.63, 3.8) is 0 Å². The third-order valence-electron chi connectivity index (χ3n) is 10.5. The number of thiophene rings is 2. The van der Waals surface area contributed by atoms with Crippen LogP contribution in [0.5, 0.6) is 0 Å². The first-order valence-corrected chi connectivity index (χ1v) is 20.8. The minimum absolute atomic E-state index is 0. The average molecular weight is 893 g/mol. The smallest absolute Gasteiger partial charge is 1.00 e. The minimum Gasteiger partial charge on any atom is -1.00 e. The van der Waals surface area contributed by atoms with Crippen LogP contribution < -0.4 is 24.8 Å². The predicted octanol–water partition coefficient (Wildman–Crippen LogP) is 10.1. The molecular weight excluding hydrogens is 851 g/mol. The zero-order chi connectivity index (χ0) is 36.4. The van der Waals surface area contributed by atoms with Gasteiger partial charge in [0.15, 0.2) is 0 Å². The molecule has 5 heteroatoms. The second-order valence-electron chi connectivity index (χ2n) is 14.2. The third-order valence-corrected chi connectivity index (χ3v) is 12.9. The van der Waals surface area contributed by atoms with Gasteiger partial charge in [-0.25, -0.2) is 0 Å². The maximum atomic E-state index is 2.37. The van der Waals surface area contributed by atoms with Gasteiger partial charge in [-0.05, 0) is 65.0 Å². The molecule has 0 N–H and O–H groups in total. The molecule has 0 unspecified atom stereocenters. The van der Waals surface area contributed by atoms with Gasteiger partial charge in [-0.2, -0.15) is 22.7 Å². The molecule has 0 bridgehead atoms. The Labute approximate surface area is 375 Å². The molecule has 280 valence electrons. The Morgan fingerprint density at radius 3 is 1.19 bits per heavy atom. The fourth-order valence-corrected chi connectivity index (χ4v) is 10.2. The van der Waals surface area contributed by atoms with Crippen molar-refractivity contribution in [1.29, 1.82) is 0 Å². The first-order valence-electron chi connectivity index (χ1n) is 19.2. The summed E-state index contributed by atoms with van der Waals surface area (Å²) in [6.45, 7) is 4.49. The van der Waals surface area contributed by atoms with Gasteiger partial charge in [-0.3, -0.25) is 0 Å². The van der Waals surface area contributed by atoms with Gasteiger partial charge in [0.1, 0.15) is 0 Å². The number of benzene rings is 6. The number of hydrogen-bond donors (Lipinski definition) is 0. The molecule has 0 radical (unpaired) electrons. The normalized spacial score (nSPS) is 10.8. The topological polar surface area (TPSA) is 0 Å². The maximum Gasteiger partial charge on any atom is 4.00 e. The predicted molar refractivity (Wildman–Crippen MR) is 240 cm³/mol. The summed E-state index contributed by atoms with van der Waals surface area (Å²) >= 11 is 3.86. The van der Waals surface area contributed by atoms with E-state index in [1.54, 1.807) is 0 Å². The van der Waals surface area contributed by atoms with Crippen LogP contribution in [0.15, 0.2) is 170 Å². The van der Waals surface area contributed by atoms with Crippen molar-refractivity contribution in [3.05, 3.63) is 180 Å². The first-order chi connectivity index (χ1) is 26.7. The first kappa shape index (κ1) is 42.5. The molecule has 8 aromatic carbocycles.